The van der Waals surface area contributed by atoms with E-state index in [1.807, 2.05) is 24.3 Å². The molecule has 0 heterocycles. The maximum Gasteiger partial charge on any atom is 0.230 e. The van der Waals surface area contributed by atoms with Crippen LogP contribution in [0.2, 0.25) is 5.02 Å². The summed E-state index contributed by atoms with van der Waals surface area (Å²) in [5.74, 6) is 0.267. The molecule has 0 bridgehead atoms. The highest BCUT2D eigenvalue weighted by Gasteiger charge is 2.47. The molecule has 3 rings (SSSR count). The van der Waals surface area contributed by atoms with Gasteiger partial charge >= 0.3 is 0 Å². The molecule has 1 amide bonds. The highest BCUT2D eigenvalue weighted by Crippen LogP contribution is 2.44. The summed E-state index contributed by atoms with van der Waals surface area (Å²) in [4.78, 5) is 14.9. The van der Waals surface area contributed by atoms with E-state index in [1.54, 1.807) is 0 Å². The van der Waals surface area contributed by atoms with Crippen molar-refractivity contribution in [2.45, 2.75) is 44.7 Å². The molecule has 0 unspecified atom stereocenters. The zero-order chi connectivity index (χ0) is 14.2. The van der Waals surface area contributed by atoms with Crippen LogP contribution < -0.4 is 5.73 Å². The van der Waals surface area contributed by atoms with E-state index in [4.69, 9.17) is 17.3 Å². The van der Waals surface area contributed by atoms with E-state index in [-0.39, 0.29) is 11.3 Å². The van der Waals surface area contributed by atoms with Gasteiger partial charge in [0, 0.05) is 24.2 Å². The first-order valence-electron chi connectivity index (χ1n) is 7.40. The Hall–Kier alpha value is -1.06. The molecule has 2 aliphatic carbocycles. The first-order chi connectivity index (χ1) is 9.64. The van der Waals surface area contributed by atoms with Crippen LogP contribution in [-0.4, -0.2) is 23.4 Å². The number of rotatable bonds is 5. The Morgan fingerprint density at radius 2 is 1.95 bits per heavy atom. The average Bonchev–Trinajstić information content (AvgIpc) is 3.21. The van der Waals surface area contributed by atoms with Crippen molar-refractivity contribution >= 4 is 17.5 Å². The Labute approximate surface area is 125 Å². The van der Waals surface area contributed by atoms with Crippen LogP contribution in [-0.2, 0) is 11.3 Å². The Morgan fingerprint density at radius 1 is 1.30 bits per heavy atom. The molecule has 4 heteroatoms. The third-order valence-electron chi connectivity index (χ3n) is 4.67. The van der Waals surface area contributed by atoms with Gasteiger partial charge in [-0.25, -0.2) is 0 Å². The van der Waals surface area contributed by atoms with Crippen LogP contribution in [0, 0.1) is 5.41 Å². The standard InChI is InChI=1S/C16H21ClN2O/c17-13-4-2-12(3-5-13)10-19(14-6-7-14)15(20)16(11-18)8-1-9-16/h2-5,14H,1,6-11,18H2. The van der Waals surface area contributed by atoms with Gasteiger partial charge in [0.25, 0.3) is 0 Å². The third-order valence-corrected chi connectivity index (χ3v) is 4.92. The number of nitrogens with zero attached hydrogens (tertiary/aromatic N) is 1. The van der Waals surface area contributed by atoms with Crippen molar-refractivity contribution < 1.29 is 4.79 Å². The fourth-order valence-corrected chi connectivity index (χ4v) is 3.08. The molecule has 2 N–H and O–H groups in total. The molecule has 0 radical (unpaired) electrons. The Balaban J connectivity index is 1.75. The van der Waals surface area contributed by atoms with E-state index >= 15 is 0 Å². The number of halogens is 1. The monoisotopic (exact) mass is 292 g/mol. The summed E-state index contributed by atoms with van der Waals surface area (Å²) in [6.45, 7) is 1.16. The Kier molecular flexibility index (Phi) is 3.74. The second-order valence-corrected chi connectivity index (χ2v) is 6.57. The molecule has 2 fully saturated rings. The maximum atomic E-state index is 12.9. The van der Waals surface area contributed by atoms with Gasteiger partial charge in [-0.2, -0.15) is 0 Å². The van der Waals surface area contributed by atoms with E-state index in [0.29, 0.717) is 19.1 Å². The summed E-state index contributed by atoms with van der Waals surface area (Å²) in [6, 6.07) is 8.19. The second kappa shape index (κ2) is 5.38. The second-order valence-electron chi connectivity index (χ2n) is 6.13. The van der Waals surface area contributed by atoms with Gasteiger partial charge in [-0.15, -0.1) is 0 Å². The minimum absolute atomic E-state index is 0.267. The fourth-order valence-electron chi connectivity index (χ4n) is 2.95. The van der Waals surface area contributed by atoms with Gasteiger partial charge in [-0.05, 0) is 43.4 Å². The molecule has 3 nitrogen and oxygen atoms in total. The Bertz CT molecular complexity index is 486. The van der Waals surface area contributed by atoms with E-state index in [0.717, 1.165) is 42.7 Å². The minimum atomic E-state index is -0.269. The number of hydrogen-bond donors (Lipinski definition) is 1. The minimum Gasteiger partial charge on any atom is -0.335 e. The maximum absolute atomic E-state index is 12.9. The van der Waals surface area contributed by atoms with Gasteiger partial charge < -0.3 is 10.6 Å². The summed E-state index contributed by atoms with van der Waals surface area (Å²) < 4.78 is 0. The number of carbonyl (C=O) groups excluding carboxylic acids is 1. The molecule has 2 saturated carbocycles. The molecule has 2 aliphatic rings. The molecule has 0 aliphatic heterocycles. The predicted octanol–water partition coefficient (Wildman–Crippen LogP) is 2.96. The topological polar surface area (TPSA) is 46.3 Å². The lowest BCUT2D eigenvalue weighted by molar-refractivity contribution is -0.148. The molecule has 20 heavy (non-hydrogen) atoms. The molecule has 1 aromatic carbocycles. The van der Waals surface area contributed by atoms with Gasteiger partial charge in [0.2, 0.25) is 5.91 Å². The highest BCUT2D eigenvalue weighted by atomic mass is 35.5. The van der Waals surface area contributed by atoms with Gasteiger partial charge in [0.05, 0.1) is 5.41 Å². The van der Waals surface area contributed by atoms with Gasteiger partial charge in [-0.3, -0.25) is 4.79 Å². The molecular formula is C16H21ClN2O. The summed E-state index contributed by atoms with van der Waals surface area (Å²) >= 11 is 5.92. The quantitative estimate of drug-likeness (QED) is 0.907. The van der Waals surface area contributed by atoms with Crippen LogP contribution in [0.3, 0.4) is 0 Å². The zero-order valence-electron chi connectivity index (χ0n) is 11.6. The zero-order valence-corrected chi connectivity index (χ0v) is 12.4. The first kappa shape index (κ1) is 13.9. The molecule has 1 aromatic rings. The Morgan fingerprint density at radius 3 is 2.40 bits per heavy atom. The van der Waals surface area contributed by atoms with E-state index in [1.165, 1.54) is 0 Å². The predicted molar refractivity (Wildman–Crippen MR) is 80.4 cm³/mol. The largest absolute Gasteiger partial charge is 0.335 e. The first-order valence-corrected chi connectivity index (χ1v) is 7.78. The molecule has 0 aromatic heterocycles. The van der Waals surface area contributed by atoms with Crippen LogP contribution in [0.1, 0.15) is 37.7 Å². The fraction of sp³-hybridized carbons (Fsp3) is 0.562. The van der Waals surface area contributed by atoms with Gasteiger partial charge in [0.15, 0.2) is 0 Å². The average molecular weight is 293 g/mol. The van der Waals surface area contributed by atoms with E-state index < -0.39 is 0 Å². The van der Waals surface area contributed by atoms with Crippen molar-refractivity contribution in [2.75, 3.05) is 6.54 Å². The lowest BCUT2D eigenvalue weighted by Crippen LogP contribution is -2.52. The molecule has 0 atom stereocenters. The van der Waals surface area contributed by atoms with E-state index in [9.17, 15) is 4.79 Å². The third kappa shape index (κ3) is 2.57. The van der Waals surface area contributed by atoms with Crippen LogP contribution in [0.5, 0.6) is 0 Å². The van der Waals surface area contributed by atoms with Crippen LogP contribution >= 0.6 is 11.6 Å². The summed E-state index contributed by atoms with van der Waals surface area (Å²) in [5, 5.41) is 0.732. The molecular weight excluding hydrogens is 272 g/mol. The molecule has 108 valence electrons. The lowest BCUT2D eigenvalue weighted by Gasteiger charge is -2.43. The number of hydrogen-bond acceptors (Lipinski definition) is 2. The number of benzene rings is 1. The molecule has 0 saturated heterocycles. The lowest BCUT2D eigenvalue weighted by atomic mass is 9.67. The van der Waals surface area contributed by atoms with Crippen molar-refractivity contribution in [3.63, 3.8) is 0 Å². The van der Waals surface area contributed by atoms with Crippen LogP contribution in [0.4, 0.5) is 0 Å². The molecule has 0 spiro atoms. The van der Waals surface area contributed by atoms with Crippen LogP contribution in [0.25, 0.3) is 0 Å². The number of nitrogens with two attached hydrogens (primary N) is 1. The number of amides is 1. The smallest absolute Gasteiger partial charge is 0.230 e. The van der Waals surface area contributed by atoms with Crippen molar-refractivity contribution in [1.82, 2.24) is 4.90 Å². The van der Waals surface area contributed by atoms with Crippen LogP contribution in [0.15, 0.2) is 24.3 Å². The van der Waals surface area contributed by atoms with Crippen molar-refractivity contribution in [2.24, 2.45) is 11.1 Å². The SMILES string of the molecule is NCC1(C(=O)N(Cc2ccc(Cl)cc2)C2CC2)CCC1. The van der Waals surface area contributed by atoms with E-state index in [2.05, 4.69) is 4.90 Å². The number of carbonyl (C=O) groups is 1. The van der Waals surface area contributed by atoms with Crippen molar-refractivity contribution in [3.05, 3.63) is 34.9 Å². The van der Waals surface area contributed by atoms with Crippen molar-refractivity contribution in [3.8, 4) is 0 Å². The summed E-state index contributed by atoms with van der Waals surface area (Å²) in [6.07, 6.45) is 5.28. The van der Waals surface area contributed by atoms with Crippen molar-refractivity contribution in [1.29, 1.82) is 0 Å². The summed E-state index contributed by atoms with van der Waals surface area (Å²) in [7, 11) is 0. The summed E-state index contributed by atoms with van der Waals surface area (Å²) in [5.41, 5.74) is 6.75. The van der Waals surface area contributed by atoms with Gasteiger partial charge in [-0.1, -0.05) is 30.2 Å². The normalized spacial score (nSPS) is 20.3. The highest BCUT2D eigenvalue weighted by molar-refractivity contribution is 6.30. The van der Waals surface area contributed by atoms with Gasteiger partial charge in [0.1, 0.15) is 0 Å².